The normalized spacial score (nSPS) is 15.5. The minimum atomic E-state index is -0.297. The van der Waals surface area contributed by atoms with Gasteiger partial charge in [-0.05, 0) is 44.7 Å². The van der Waals surface area contributed by atoms with E-state index in [2.05, 4.69) is 12.1 Å². The molecule has 0 N–H and O–H groups in total. The highest BCUT2D eigenvalue weighted by Gasteiger charge is 2.25. The second-order valence-corrected chi connectivity index (χ2v) is 5.29. The number of nitrogens with zero attached hydrogens (tertiary/aromatic N) is 1. The van der Waals surface area contributed by atoms with Crippen LogP contribution in [0.4, 0.5) is 0 Å². The summed E-state index contributed by atoms with van der Waals surface area (Å²) < 4.78 is 0. The van der Waals surface area contributed by atoms with Crippen LogP contribution in [0.15, 0.2) is 6.07 Å². The maximum absolute atomic E-state index is 9.00. The van der Waals surface area contributed by atoms with Gasteiger partial charge in [-0.25, -0.2) is 0 Å². The molecule has 0 atom stereocenters. The Morgan fingerprint density at radius 2 is 2.23 bits per heavy atom. The van der Waals surface area contributed by atoms with Crippen LogP contribution in [-0.2, 0) is 18.3 Å². The average Bonchev–Trinajstić information content (AvgIpc) is 2.61. The molecule has 0 fully saturated rings. The van der Waals surface area contributed by atoms with Crippen LogP contribution in [0.3, 0.4) is 0 Å². The van der Waals surface area contributed by atoms with Gasteiger partial charge in [0.05, 0.1) is 11.5 Å². The molecule has 0 saturated carbocycles. The molecule has 2 heteroatoms. The fourth-order valence-corrected chi connectivity index (χ4v) is 3.00. The van der Waals surface area contributed by atoms with Gasteiger partial charge in [-0.3, -0.25) is 0 Å². The molecule has 0 saturated heterocycles. The summed E-state index contributed by atoms with van der Waals surface area (Å²) in [4.78, 5) is 2.75. The van der Waals surface area contributed by atoms with Crippen molar-refractivity contribution in [3.05, 3.63) is 21.4 Å². The predicted molar refractivity (Wildman–Crippen MR) is 55.0 cm³/mol. The maximum Gasteiger partial charge on any atom is 0.0859 e. The SMILES string of the molecule is CC(C)(C#N)c1cc2c(s1)CCC2. The van der Waals surface area contributed by atoms with E-state index in [0.717, 1.165) is 0 Å². The molecule has 1 aliphatic carbocycles. The van der Waals surface area contributed by atoms with Crippen LogP contribution in [0.25, 0.3) is 0 Å². The lowest BCUT2D eigenvalue weighted by molar-refractivity contribution is 0.702. The molecular formula is C11H13NS. The Kier molecular flexibility index (Phi) is 1.92. The number of aryl methyl sites for hydroxylation is 2. The zero-order valence-electron chi connectivity index (χ0n) is 8.05. The Morgan fingerprint density at radius 3 is 2.85 bits per heavy atom. The number of rotatable bonds is 1. The Hall–Kier alpha value is -0.810. The van der Waals surface area contributed by atoms with Crippen molar-refractivity contribution in [3.8, 4) is 6.07 Å². The molecule has 0 amide bonds. The number of nitriles is 1. The van der Waals surface area contributed by atoms with Crippen molar-refractivity contribution in [2.75, 3.05) is 0 Å². The van der Waals surface area contributed by atoms with Crippen molar-refractivity contribution < 1.29 is 0 Å². The molecule has 13 heavy (non-hydrogen) atoms. The minimum Gasteiger partial charge on any atom is -0.197 e. The van der Waals surface area contributed by atoms with Crippen LogP contribution in [0.5, 0.6) is 0 Å². The summed E-state index contributed by atoms with van der Waals surface area (Å²) in [5, 5.41) is 9.00. The van der Waals surface area contributed by atoms with Crippen LogP contribution in [-0.4, -0.2) is 0 Å². The van der Waals surface area contributed by atoms with Gasteiger partial charge in [0, 0.05) is 9.75 Å². The zero-order chi connectivity index (χ0) is 9.47. The summed E-state index contributed by atoms with van der Waals surface area (Å²) in [5.74, 6) is 0. The van der Waals surface area contributed by atoms with E-state index < -0.39 is 0 Å². The van der Waals surface area contributed by atoms with Crippen LogP contribution >= 0.6 is 11.3 Å². The molecule has 1 nitrogen and oxygen atoms in total. The molecule has 0 bridgehead atoms. The van der Waals surface area contributed by atoms with E-state index in [1.54, 1.807) is 0 Å². The lowest BCUT2D eigenvalue weighted by Crippen LogP contribution is -2.11. The standard InChI is InChI=1S/C11H13NS/c1-11(2,7-12)10-6-8-4-3-5-9(8)13-10/h6H,3-5H2,1-2H3. The van der Waals surface area contributed by atoms with Crippen molar-refractivity contribution in [2.24, 2.45) is 0 Å². The molecule has 0 aliphatic heterocycles. The first kappa shape index (κ1) is 8.77. The van der Waals surface area contributed by atoms with E-state index in [-0.39, 0.29) is 5.41 Å². The number of thiophene rings is 1. The van der Waals surface area contributed by atoms with Gasteiger partial charge in [-0.1, -0.05) is 0 Å². The number of fused-ring (bicyclic) bond motifs is 1. The largest absolute Gasteiger partial charge is 0.197 e. The van der Waals surface area contributed by atoms with Gasteiger partial charge in [0.1, 0.15) is 0 Å². The predicted octanol–water partition coefficient (Wildman–Crippen LogP) is 3.04. The highest BCUT2D eigenvalue weighted by Crippen LogP contribution is 2.36. The third kappa shape index (κ3) is 1.38. The first-order valence-corrected chi connectivity index (χ1v) is 5.48. The molecule has 1 aromatic rings. The van der Waals surface area contributed by atoms with E-state index in [1.165, 1.54) is 34.6 Å². The van der Waals surface area contributed by atoms with Gasteiger partial charge in [-0.2, -0.15) is 5.26 Å². The molecule has 68 valence electrons. The van der Waals surface area contributed by atoms with Gasteiger partial charge < -0.3 is 0 Å². The third-order valence-corrected chi connectivity index (χ3v) is 4.20. The first-order valence-electron chi connectivity index (χ1n) is 4.67. The van der Waals surface area contributed by atoms with E-state index in [4.69, 9.17) is 5.26 Å². The summed E-state index contributed by atoms with van der Waals surface area (Å²) in [5.41, 5.74) is 1.19. The van der Waals surface area contributed by atoms with Gasteiger partial charge in [0.25, 0.3) is 0 Å². The minimum absolute atomic E-state index is 0.297. The quantitative estimate of drug-likeness (QED) is 0.669. The smallest absolute Gasteiger partial charge is 0.0859 e. The molecule has 0 radical (unpaired) electrons. The molecule has 0 aromatic carbocycles. The Balaban J connectivity index is 2.40. The average molecular weight is 191 g/mol. The zero-order valence-corrected chi connectivity index (χ0v) is 8.87. The van der Waals surface area contributed by atoms with E-state index in [9.17, 15) is 0 Å². The lowest BCUT2D eigenvalue weighted by atomic mass is 9.93. The van der Waals surface area contributed by atoms with Crippen molar-refractivity contribution in [1.29, 1.82) is 5.26 Å². The summed E-state index contributed by atoms with van der Waals surface area (Å²) in [6.45, 7) is 3.99. The van der Waals surface area contributed by atoms with E-state index in [0.29, 0.717) is 0 Å². The van der Waals surface area contributed by atoms with E-state index >= 15 is 0 Å². The second kappa shape index (κ2) is 2.85. The van der Waals surface area contributed by atoms with Crippen molar-refractivity contribution in [1.82, 2.24) is 0 Å². The van der Waals surface area contributed by atoms with Crippen LogP contribution in [0.1, 0.15) is 35.6 Å². The molecule has 1 heterocycles. The molecular weight excluding hydrogens is 178 g/mol. The third-order valence-electron chi connectivity index (χ3n) is 2.64. The van der Waals surface area contributed by atoms with Crippen LogP contribution in [0.2, 0.25) is 0 Å². The van der Waals surface area contributed by atoms with Crippen molar-refractivity contribution >= 4 is 11.3 Å². The fourth-order valence-electron chi connectivity index (χ4n) is 1.69. The summed E-state index contributed by atoms with van der Waals surface area (Å²) in [7, 11) is 0. The van der Waals surface area contributed by atoms with Crippen LogP contribution < -0.4 is 0 Å². The van der Waals surface area contributed by atoms with Gasteiger partial charge in [0.15, 0.2) is 0 Å². The molecule has 1 aromatic heterocycles. The topological polar surface area (TPSA) is 23.8 Å². The Labute approximate surface area is 83.0 Å². The van der Waals surface area contributed by atoms with Gasteiger partial charge in [0.2, 0.25) is 0 Å². The lowest BCUT2D eigenvalue weighted by Gasteiger charge is -2.11. The van der Waals surface area contributed by atoms with Crippen LogP contribution in [0, 0.1) is 11.3 Å². The summed E-state index contributed by atoms with van der Waals surface area (Å²) >= 11 is 1.83. The van der Waals surface area contributed by atoms with Crippen molar-refractivity contribution in [3.63, 3.8) is 0 Å². The molecule has 0 spiro atoms. The number of hydrogen-bond acceptors (Lipinski definition) is 2. The van der Waals surface area contributed by atoms with E-state index in [1.807, 2.05) is 25.2 Å². The maximum atomic E-state index is 9.00. The Bertz CT molecular complexity index is 346. The number of hydrogen-bond donors (Lipinski definition) is 0. The van der Waals surface area contributed by atoms with Gasteiger partial charge in [-0.15, -0.1) is 11.3 Å². The Morgan fingerprint density at radius 1 is 1.46 bits per heavy atom. The molecule has 2 rings (SSSR count). The summed E-state index contributed by atoms with van der Waals surface area (Å²) in [6.07, 6.45) is 3.74. The van der Waals surface area contributed by atoms with Gasteiger partial charge >= 0.3 is 0 Å². The second-order valence-electron chi connectivity index (χ2n) is 4.15. The first-order chi connectivity index (χ1) is 6.13. The highest BCUT2D eigenvalue weighted by molar-refractivity contribution is 7.12. The highest BCUT2D eigenvalue weighted by atomic mass is 32.1. The summed E-state index contributed by atoms with van der Waals surface area (Å²) in [6, 6.07) is 4.59. The molecule has 1 aliphatic rings. The van der Waals surface area contributed by atoms with Crippen molar-refractivity contribution in [2.45, 2.75) is 38.5 Å². The fraction of sp³-hybridized carbons (Fsp3) is 0.545. The molecule has 0 unspecified atom stereocenters. The monoisotopic (exact) mass is 191 g/mol.